The van der Waals surface area contributed by atoms with Crippen LogP contribution in [-0.4, -0.2) is 16.8 Å². The Kier molecular flexibility index (Phi) is 5.47. The number of carbonyl (C=O) groups is 1. The van der Waals surface area contributed by atoms with Crippen molar-refractivity contribution in [3.8, 4) is 0 Å². The fourth-order valence-electron chi connectivity index (χ4n) is 1.57. The van der Waals surface area contributed by atoms with Gasteiger partial charge in [0.25, 0.3) is 0 Å². The Morgan fingerprint density at radius 3 is 2.47 bits per heavy atom. The van der Waals surface area contributed by atoms with Crippen LogP contribution in [0.3, 0.4) is 0 Å². The topological polar surface area (TPSA) is 17.1 Å². The van der Waals surface area contributed by atoms with E-state index in [1.165, 1.54) is 24.8 Å². The van der Waals surface area contributed by atoms with E-state index in [-0.39, 0.29) is 5.78 Å². The van der Waals surface area contributed by atoms with Crippen LogP contribution in [0.1, 0.15) is 41.8 Å². The molecule has 0 amide bonds. The number of Topliss-reactive ketones (excluding diaryl/α,β-unsaturated/α-hetero) is 1. The first-order chi connectivity index (χ1) is 8.75. The molecule has 19 heavy (non-hydrogen) atoms. The van der Waals surface area contributed by atoms with E-state index in [2.05, 4.69) is 0 Å². The molecule has 1 rings (SSSR count). The van der Waals surface area contributed by atoms with Gasteiger partial charge in [-0.2, -0.15) is 24.9 Å². The zero-order valence-corrected chi connectivity index (χ0v) is 12.0. The number of halogens is 3. The van der Waals surface area contributed by atoms with Gasteiger partial charge in [0, 0.05) is 10.8 Å². The molecule has 0 fully saturated rings. The standard InChI is InChI=1S/C14H17F3OS/c1-4-10(3)19-8-13(18)12-6-5-11(7-9(12)2)14(15,16)17/h5-7,10H,4,8H2,1-3H3. The largest absolute Gasteiger partial charge is 0.416 e. The molecule has 1 nitrogen and oxygen atoms in total. The van der Waals surface area contributed by atoms with Crippen molar-refractivity contribution in [1.82, 2.24) is 0 Å². The third kappa shape index (κ3) is 4.56. The first kappa shape index (κ1) is 16.1. The van der Waals surface area contributed by atoms with E-state index in [0.29, 0.717) is 22.1 Å². The molecule has 0 aliphatic carbocycles. The molecule has 0 heterocycles. The van der Waals surface area contributed by atoms with Crippen LogP contribution < -0.4 is 0 Å². The molecule has 0 saturated carbocycles. The second kappa shape index (κ2) is 6.46. The lowest BCUT2D eigenvalue weighted by Gasteiger charge is -2.11. The van der Waals surface area contributed by atoms with Gasteiger partial charge >= 0.3 is 6.18 Å². The highest BCUT2D eigenvalue weighted by Gasteiger charge is 2.30. The molecule has 1 aromatic rings. The molecule has 0 N–H and O–H groups in total. The Bertz CT molecular complexity index is 454. The fourth-order valence-corrected chi connectivity index (χ4v) is 2.39. The molecular weight excluding hydrogens is 273 g/mol. The Morgan fingerprint density at radius 2 is 2.00 bits per heavy atom. The van der Waals surface area contributed by atoms with Gasteiger partial charge in [0.2, 0.25) is 0 Å². The smallest absolute Gasteiger partial charge is 0.293 e. The third-order valence-corrected chi connectivity index (χ3v) is 4.26. The molecule has 5 heteroatoms. The second-order valence-electron chi connectivity index (χ2n) is 4.48. The summed E-state index contributed by atoms with van der Waals surface area (Å²) in [7, 11) is 0. The third-order valence-electron chi connectivity index (χ3n) is 2.93. The van der Waals surface area contributed by atoms with Crippen LogP contribution in [0, 0.1) is 6.92 Å². The minimum absolute atomic E-state index is 0.114. The average molecular weight is 290 g/mol. The van der Waals surface area contributed by atoms with Crippen LogP contribution in [0.15, 0.2) is 18.2 Å². The van der Waals surface area contributed by atoms with Crippen LogP contribution in [0.5, 0.6) is 0 Å². The number of ketones is 1. The van der Waals surface area contributed by atoms with E-state index in [1.807, 2.05) is 13.8 Å². The Hall–Kier alpha value is -0.970. The number of benzene rings is 1. The van der Waals surface area contributed by atoms with Crippen LogP contribution >= 0.6 is 11.8 Å². The van der Waals surface area contributed by atoms with Gasteiger partial charge in [0.15, 0.2) is 5.78 Å². The molecular formula is C14H17F3OS. The molecule has 1 unspecified atom stereocenters. The second-order valence-corrected chi connectivity index (χ2v) is 5.91. The van der Waals surface area contributed by atoms with Crippen LogP contribution in [0.25, 0.3) is 0 Å². The van der Waals surface area contributed by atoms with Crippen molar-refractivity contribution in [1.29, 1.82) is 0 Å². The number of hydrogen-bond donors (Lipinski definition) is 0. The van der Waals surface area contributed by atoms with Gasteiger partial charge in [-0.05, 0) is 31.0 Å². The normalized spacial score (nSPS) is 13.4. The van der Waals surface area contributed by atoms with Gasteiger partial charge in [0.1, 0.15) is 0 Å². The predicted molar refractivity (Wildman–Crippen MR) is 72.7 cm³/mol. The van der Waals surface area contributed by atoms with Crippen molar-refractivity contribution >= 4 is 17.5 Å². The van der Waals surface area contributed by atoms with Crippen molar-refractivity contribution in [3.63, 3.8) is 0 Å². The van der Waals surface area contributed by atoms with Gasteiger partial charge in [0.05, 0.1) is 11.3 Å². The van der Waals surface area contributed by atoms with E-state index in [9.17, 15) is 18.0 Å². The Labute approximate surface area is 115 Å². The summed E-state index contributed by atoms with van der Waals surface area (Å²) in [5, 5.41) is 0.374. The summed E-state index contributed by atoms with van der Waals surface area (Å²) < 4.78 is 37.5. The van der Waals surface area contributed by atoms with E-state index >= 15 is 0 Å². The number of thioether (sulfide) groups is 1. The van der Waals surface area contributed by atoms with Crippen molar-refractivity contribution in [2.24, 2.45) is 0 Å². The van der Waals surface area contributed by atoms with Crippen LogP contribution in [0.2, 0.25) is 0 Å². The molecule has 106 valence electrons. The van der Waals surface area contributed by atoms with Gasteiger partial charge in [-0.3, -0.25) is 4.79 Å². The van der Waals surface area contributed by atoms with Crippen LogP contribution in [0.4, 0.5) is 13.2 Å². The van der Waals surface area contributed by atoms with Crippen LogP contribution in [-0.2, 0) is 6.18 Å². The molecule has 0 aromatic heterocycles. The summed E-state index contributed by atoms with van der Waals surface area (Å²) in [5.41, 5.74) is 0.0458. The maximum absolute atomic E-state index is 12.5. The van der Waals surface area contributed by atoms with E-state index in [4.69, 9.17) is 0 Å². The lowest BCUT2D eigenvalue weighted by atomic mass is 10.0. The predicted octanol–water partition coefficient (Wildman–Crippen LogP) is 4.73. The molecule has 0 saturated heterocycles. The SMILES string of the molecule is CCC(C)SCC(=O)c1ccc(C(F)(F)F)cc1C. The zero-order chi connectivity index (χ0) is 14.6. The lowest BCUT2D eigenvalue weighted by Crippen LogP contribution is -2.10. The number of hydrogen-bond acceptors (Lipinski definition) is 2. The first-order valence-electron chi connectivity index (χ1n) is 6.08. The summed E-state index contributed by atoms with van der Waals surface area (Å²) in [6, 6.07) is 3.27. The summed E-state index contributed by atoms with van der Waals surface area (Å²) in [5.74, 6) is 0.192. The summed E-state index contributed by atoms with van der Waals surface area (Å²) >= 11 is 1.53. The fraction of sp³-hybridized carbons (Fsp3) is 0.500. The molecule has 0 aliphatic rings. The van der Waals surface area contributed by atoms with Crippen molar-refractivity contribution in [2.45, 2.75) is 38.6 Å². The Morgan fingerprint density at radius 1 is 1.37 bits per heavy atom. The molecule has 0 spiro atoms. The maximum Gasteiger partial charge on any atom is 0.416 e. The van der Waals surface area contributed by atoms with Gasteiger partial charge in [-0.25, -0.2) is 0 Å². The summed E-state index contributed by atoms with van der Waals surface area (Å²) in [4.78, 5) is 11.9. The number of carbonyl (C=O) groups excluding carboxylic acids is 1. The number of rotatable bonds is 5. The zero-order valence-electron chi connectivity index (χ0n) is 11.2. The molecule has 1 atom stereocenters. The van der Waals surface area contributed by atoms with Gasteiger partial charge < -0.3 is 0 Å². The number of aryl methyl sites for hydroxylation is 1. The highest BCUT2D eigenvalue weighted by molar-refractivity contribution is 8.00. The minimum Gasteiger partial charge on any atom is -0.293 e. The quantitative estimate of drug-likeness (QED) is 0.729. The van der Waals surface area contributed by atoms with Gasteiger partial charge in [-0.1, -0.05) is 19.9 Å². The van der Waals surface area contributed by atoms with Crippen molar-refractivity contribution < 1.29 is 18.0 Å². The molecule has 0 radical (unpaired) electrons. The first-order valence-corrected chi connectivity index (χ1v) is 7.13. The summed E-state index contributed by atoms with van der Waals surface area (Å²) in [6.07, 6.45) is -3.40. The maximum atomic E-state index is 12.5. The molecule has 1 aromatic carbocycles. The van der Waals surface area contributed by atoms with Crippen molar-refractivity contribution in [3.05, 3.63) is 34.9 Å². The van der Waals surface area contributed by atoms with E-state index in [1.54, 1.807) is 0 Å². The highest BCUT2D eigenvalue weighted by atomic mass is 32.2. The average Bonchev–Trinajstić information content (AvgIpc) is 2.34. The monoisotopic (exact) mass is 290 g/mol. The van der Waals surface area contributed by atoms with E-state index in [0.717, 1.165) is 18.6 Å². The lowest BCUT2D eigenvalue weighted by molar-refractivity contribution is -0.137. The number of alkyl halides is 3. The molecule has 0 aliphatic heterocycles. The highest BCUT2D eigenvalue weighted by Crippen LogP contribution is 2.30. The Balaban J connectivity index is 2.82. The minimum atomic E-state index is -4.36. The van der Waals surface area contributed by atoms with E-state index < -0.39 is 11.7 Å². The summed E-state index contributed by atoms with van der Waals surface area (Å²) in [6.45, 7) is 5.60. The van der Waals surface area contributed by atoms with Crippen molar-refractivity contribution in [2.75, 3.05) is 5.75 Å². The van der Waals surface area contributed by atoms with Gasteiger partial charge in [-0.15, -0.1) is 0 Å². The molecule has 0 bridgehead atoms.